The number of ether oxygens (including phenoxy) is 2. The summed E-state index contributed by atoms with van der Waals surface area (Å²) in [6.07, 6.45) is 4.18. The Labute approximate surface area is 193 Å². The molecule has 2 bridgehead atoms. The quantitative estimate of drug-likeness (QED) is 0.685. The number of rotatable bonds is 6. The highest BCUT2D eigenvalue weighted by molar-refractivity contribution is 5.49. The van der Waals surface area contributed by atoms with Crippen LogP contribution in [-0.2, 0) is 12.8 Å². The Morgan fingerprint density at radius 3 is 2.09 bits per heavy atom. The zero-order valence-electron chi connectivity index (χ0n) is 20.3. The maximum absolute atomic E-state index is 6.77. The maximum Gasteiger partial charge on any atom is 0.123 e. The van der Waals surface area contributed by atoms with E-state index < -0.39 is 0 Å². The summed E-state index contributed by atoms with van der Waals surface area (Å²) < 4.78 is 13.5. The van der Waals surface area contributed by atoms with E-state index in [0.29, 0.717) is 17.8 Å². The first-order valence-corrected chi connectivity index (χ1v) is 12.3. The average molecular weight is 435 g/mol. The van der Waals surface area contributed by atoms with Crippen LogP contribution in [-0.4, -0.2) is 38.4 Å². The highest BCUT2D eigenvalue weighted by Crippen LogP contribution is 2.62. The number of likely N-dealkylation sites (N-methyl/N-ethyl adjacent to an activating group) is 2. The second kappa shape index (κ2) is 8.07. The first-order chi connectivity index (χ1) is 15.3. The molecule has 2 aliphatic heterocycles. The summed E-state index contributed by atoms with van der Waals surface area (Å²) in [4.78, 5) is 0. The molecule has 0 amide bonds. The van der Waals surface area contributed by atoms with E-state index in [2.05, 4.69) is 67.8 Å². The molecule has 1 saturated carbocycles. The van der Waals surface area contributed by atoms with Crippen LogP contribution in [0.2, 0.25) is 0 Å². The van der Waals surface area contributed by atoms with E-state index >= 15 is 0 Å². The normalized spacial score (nSPS) is 29.2. The summed E-state index contributed by atoms with van der Waals surface area (Å²) in [7, 11) is 4.02. The summed E-state index contributed by atoms with van der Waals surface area (Å²) in [5.74, 6) is 3.50. The minimum atomic E-state index is -0.213. The third kappa shape index (κ3) is 3.72. The van der Waals surface area contributed by atoms with Gasteiger partial charge in [0.15, 0.2) is 0 Å². The fourth-order valence-corrected chi connectivity index (χ4v) is 6.63. The number of benzene rings is 2. The standard InChI is InChI=1S/C28H38N2O2/c1-27(2)26-22-16-28(3,32-25-15-19(11-13-30-5)6-8-20(22)25)17-23(26)21-14-18(10-12-29-4)7-9-24(21)31-27/h6-9,14-15,22-23,26,29-30H,10-13,16-17H2,1-5H3/t22-,23+,26+,28+/m0/s1. The van der Waals surface area contributed by atoms with Crippen molar-refractivity contribution in [3.8, 4) is 11.5 Å². The molecule has 0 spiro atoms. The van der Waals surface area contributed by atoms with Gasteiger partial charge in [-0.3, -0.25) is 0 Å². The van der Waals surface area contributed by atoms with E-state index in [9.17, 15) is 0 Å². The Morgan fingerprint density at radius 2 is 1.41 bits per heavy atom. The van der Waals surface area contributed by atoms with Gasteiger partial charge in [0, 0.05) is 5.92 Å². The number of hydrogen-bond donors (Lipinski definition) is 2. The lowest BCUT2D eigenvalue weighted by Crippen LogP contribution is -2.56. The minimum Gasteiger partial charge on any atom is -0.487 e. The summed E-state index contributed by atoms with van der Waals surface area (Å²) in [5.41, 5.74) is 5.14. The molecule has 2 aromatic carbocycles. The molecule has 3 aliphatic rings. The molecule has 5 rings (SSSR count). The lowest BCUT2D eigenvalue weighted by molar-refractivity contribution is -0.0801. The van der Waals surface area contributed by atoms with Crippen LogP contribution in [0.1, 0.15) is 67.7 Å². The van der Waals surface area contributed by atoms with E-state index in [-0.39, 0.29) is 11.2 Å². The van der Waals surface area contributed by atoms with Crippen molar-refractivity contribution in [2.75, 3.05) is 27.2 Å². The molecule has 1 fully saturated rings. The van der Waals surface area contributed by atoms with Gasteiger partial charge >= 0.3 is 0 Å². The number of nitrogens with one attached hydrogen (secondary N) is 2. The highest BCUT2D eigenvalue weighted by Gasteiger charge is 2.57. The monoisotopic (exact) mass is 434 g/mol. The zero-order chi connectivity index (χ0) is 22.5. The fraction of sp³-hybridized carbons (Fsp3) is 0.571. The largest absolute Gasteiger partial charge is 0.487 e. The van der Waals surface area contributed by atoms with E-state index in [1.165, 1.54) is 22.3 Å². The highest BCUT2D eigenvalue weighted by atomic mass is 16.5. The second-order valence-electron chi connectivity index (χ2n) is 10.9. The van der Waals surface area contributed by atoms with Gasteiger partial charge < -0.3 is 20.1 Å². The Kier molecular flexibility index (Phi) is 5.50. The molecule has 0 unspecified atom stereocenters. The SMILES string of the molecule is CNCCc1ccc2c(c1)O[C@@]1(C)C[C@@H]3c4cc(CCNC)ccc4OC(C)(C)[C@@H]3[C@H]2C1. The second-order valence-corrected chi connectivity index (χ2v) is 10.9. The van der Waals surface area contributed by atoms with E-state index in [1.54, 1.807) is 0 Å². The van der Waals surface area contributed by atoms with Gasteiger partial charge in [0.2, 0.25) is 0 Å². The topological polar surface area (TPSA) is 42.5 Å². The van der Waals surface area contributed by atoms with Crippen LogP contribution in [0.15, 0.2) is 36.4 Å². The first kappa shape index (κ1) is 21.8. The van der Waals surface area contributed by atoms with Gasteiger partial charge in [0.1, 0.15) is 22.7 Å². The van der Waals surface area contributed by atoms with Gasteiger partial charge in [-0.2, -0.15) is 0 Å². The van der Waals surface area contributed by atoms with Crippen LogP contribution in [0.3, 0.4) is 0 Å². The van der Waals surface area contributed by atoms with Gasteiger partial charge in [-0.05, 0) is 120 Å². The average Bonchev–Trinajstić information content (AvgIpc) is 2.75. The molecule has 2 N–H and O–H groups in total. The van der Waals surface area contributed by atoms with Crippen molar-refractivity contribution in [3.63, 3.8) is 0 Å². The predicted molar refractivity (Wildman–Crippen MR) is 130 cm³/mol. The smallest absolute Gasteiger partial charge is 0.123 e. The van der Waals surface area contributed by atoms with E-state index in [1.807, 2.05) is 14.1 Å². The predicted octanol–water partition coefficient (Wildman–Crippen LogP) is 4.81. The van der Waals surface area contributed by atoms with Gasteiger partial charge in [-0.15, -0.1) is 0 Å². The molecule has 4 heteroatoms. The van der Waals surface area contributed by atoms with Crippen LogP contribution in [0.5, 0.6) is 11.5 Å². The first-order valence-electron chi connectivity index (χ1n) is 12.3. The van der Waals surface area contributed by atoms with Crippen LogP contribution in [0, 0.1) is 5.92 Å². The van der Waals surface area contributed by atoms with Gasteiger partial charge in [-0.25, -0.2) is 0 Å². The van der Waals surface area contributed by atoms with Crippen molar-refractivity contribution in [1.82, 2.24) is 10.6 Å². The summed E-state index contributed by atoms with van der Waals surface area (Å²) in [6, 6.07) is 13.8. The lowest BCUT2D eigenvalue weighted by atomic mass is 9.55. The molecule has 1 aliphatic carbocycles. The molecule has 0 radical (unpaired) electrons. The van der Waals surface area contributed by atoms with Gasteiger partial charge in [-0.1, -0.05) is 24.3 Å². The van der Waals surface area contributed by atoms with Crippen molar-refractivity contribution in [3.05, 3.63) is 58.7 Å². The zero-order valence-corrected chi connectivity index (χ0v) is 20.3. The maximum atomic E-state index is 6.77. The Balaban J connectivity index is 1.55. The summed E-state index contributed by atoms with van der Waals surface area (Å²) >= 11 is 0. The van der Waals surface area contributed by atoms with E-state index in [4.69, 9.17) is 9.47 Å². The lowest BCUT2D eigenvalue weighted by Gasteiger charge is -2.57. The molecular formula is C28H38N2O2. The fourth-order valence-electron chi connectivity index (χ4n) is 6.63. The molecule has 4 nitrogen and oxygen atoms in total. The van der Waals surface area contributed by atoms with Crippen LogP contribution in [0.25, 0.3) is 0 Å². The van der Waals surface area contributed by atoms with Crippen LogP contribution >= 0.6 is 0 Å². The van der Waals surface area contributed by atoms with Crippen molar-refractivity contribution >= 4 is 0 Å². The van der Waals surface area contributed by atoms with Crippen LogP contribution < -0.4 is 20.1 Å². The van der Waals surface area contributed by atoms with Crippen molar-refractivity contribution in [1.29, 1.82) is 0 Å². The summed E-state index contributed by atoms with van der Waals surface area (Å²) in [6.45, 7) is 8.89. The van der Waals surface area contributed by atoms with Crippen molar-refractivity contribution in [2.45, 2.75) is 69.5 Å². The Bertz CT molecular complexity index is 1000. The summed E-state index contributed by atoms with van der Waals surface area (Å²) in [5, 5.41) is 6.53. The van der Waals surface area contributed by atoms with Crippen molar-refractivity contribution in [2.24, 2.45) is 5.92 Å². The van der Waals surface area contributed by atoms with Gasteiger partial charge in [0.05, 0.1) is 0 Å². The molecule has 2 heterocycles. The Morgan fingerprint density at radius 1 is 0.781 bits per heavy atom. The third-order valence-corrected chi connectivity index (χ3v) is 7.98. The number of hydrogen-bond acceptors (Lipinski definition) is 4. The molecule has 0 saturated heterocycles. The number of fused-ring (bicyclic) bond motifs is 8. The molecule has 2 aromatic rings. The van der Waals surface area contributed by atoms with Crippen LogP contribution in [0.4, 0.5) is 0 Å². The minimum absolute atomic E-state index is 0.133. The molecule has 0 aromatic heterocycles. The third-order valence-electron chi connectivity index (χ3n) is 7.98. The van der Waals surface area contributed by atoms with Gasteiger partial charge in [0.25, 0.3) is 0 Å². The Hall–Kier alpha value is -2.04. The molecular weight excluding hydrogens is 396 g/mol. The molecule has 32 heavy (non-hydrogen) atoms. The molecule has 172 valence electrons. The van der Waals surface area contributed by atoms with E-state index in [0.717, 1.165) is 50.3 Å². The molecule has 4 atom stereocenters. The van der Waals surface area contributed by atoms with Crippen molar-refractivity contribution < 1.29 is 9.47 Å².